The van der Waals surface area contributed by atoms with Gasteiger partial charge in [-0.3, -0.25) is 0 Å². The predicted octanol–water partition coefficient (Wildman–Crippen LogP) is 0.341. The van der Waals surface area contributed by atoms with Crippen LogP contribution in [0.15, 0.2) is 4.52 Å². The maximum absolute atomic E-state index is 11.2. The SMILES string of the molecule is CNS(=O)(=O)Cc1c(C)noc1C. The van der Waals surface area contributed by atoms with Gasteiger partial charge in [0, 0.05) is 5.56 Å². The standard InChI is InChI=1S/C7H12N2O3S/c1-5-7(6(2)12-9-5)4-13(10,11)8-3/h8H,4H2,1-3H3. The first-order valence-corrected chi connectivity index (χ1v) is 5.44. The Hall–Kier alpha value is -0.880. The molecule has 1 rings (SSSR count). The number of hydrogen-bond acceptors (Lipinski definition) is 4. The van der Waals surface area contributed by atoms with Gasteiger partial charge in [-0.2, -0.15) is 0 Å². The summed E-state index contributed by atoms with van der Waals surface area (Å²) >= 11 is 0. The summed E-state index contributed by atoms with van der Waals surface area (Å²) in [6.45, 7) is 3.41. The Labute approximate surface area is 77.2 Å². The fraction of sp³-hybridized carbons (Fsp3) is 0.571. The van der Waals surface area contributed by atoms with E-state index in [1.54, 1.807) is 13.8 Å². The van der Waals surface area contributed by atoms with Crippen LogP contribution in [0.1, 0.15) is 17.0 Å². The molecule has 74 valence electrons. The van der Waals surface area contributed by atoms with Gasteiger partial charge in [-0.1, -0.05) is 5.16 Å². The van der Waals surface area contributed by atoms with E-state index in [1.165, 1.54) is 7.05 Å². The molecule has 0 unspecified atom stereocenters. The maximum atomic E-state index is 11.2. The molecule has 0 aliphatic rings. The second kappa shape index (κ2) is 3.47. The van der Waals surface area contributed by atoms with Gasteiger partial charge in [-0.05, 0) is 20.9 Å². The van der Waals surface area contributed by atoms with Crippen LogP contribution in [0.3, 0.4) is 0 Å². The summed E-state index contributed by atoms with van der Waals surface area (Å²) in [4.78, 5) is 0. The van der Waals surface area contributed by atoms with Crippen LogP contribution in [-0.4, -0.2) is 20.6 Å². The van der Waals surface area contributed by atoms with Crippen LogP contribution in [-0.2, 0) is 15.8 Å². The van der Waals surface area contributed by atoms with Crippen LogP contribution in [0.4, 0.5) is 0 Å². The lowest BCUT2D eigenvalue weighted by Gasteiger charge is -2.00. The first-order chi connectivity index (χ1) is 5.96. The van der Waals surface area contributed by atoms with Gasteiger partial charge < -0.3 is 4.52 Å². The molecule has 0 atom stereocenters. The van der Waals surface area contributed by atoms with Crippen molar-refractivity contribution in [2.24, 2.45) is 0 Å². The highest BCUT2D eigenvalue weighted by molar-refractivity contribution is 7.88. The second-order valence-electron chi connectivity index (χ2n) is 2.77. The third-order valence-corrected chi connectivity index (χ3v) is 3.12. The molecule has 0 aliphatic carbocycles. The van der Waals surface area contributed by atoms with Crippen molar-refractivity contribution in [1.82, 2.24) is 9.88 Å². The molecule has 1 N–H and O–H groups in total. The van der Waals surface area contributed by atoms with Gasteiger partial charge >= 0.3 is 0 Å². The van der Waals surface area contributed by atoms with Crippen molar-refractivity contribution in [2.45, 2.75) is 19.6 Å². The van der Waals surface area contributed by atoms with Crippen LogP contribution < -0.4 is 4.72 Å². The fourth-order valence-electron chi connectivity index (χ4n) is 0.970. The van der Waals surface area contributed by atoms with Crippen LogP contribution in [0.2, 0.25) is 0 Å². The van der Waals surface area contributed by atoms with Gasteiger partial charge in [0.15, 0.2) is 0 Å². The van der Waals surface area contributed by atoms with Gasteiger partial charge in [0.1, 0.15) is 5.76 Å². The summed E-state index contributed by atoms with van der Waals surface area (Å²) in [6, 6.07) is 0. The zero-order valence-electron chi connectivity index (χ0n) is 7.79. The summed E-state index contributed by atoms with van der Waals surface area (Å²) in [5.41, 5.74) is 1.26. The van der Waals surface area contributed by atoms with Crippen LogP contribution in [0.25, 0.3) is 0 Å². The van der Waals surface area contributed by atoms with Crippen molar-refractivity contribution in [3.63, 3.8) is 0 Å². The fourth-order valence-corrected chi connectivity index (χ4v) is 1.91. The molecule has 0 aromatic carbocycles. The van der Waals surface area contributed by atoms with Crippen LogP contribution >= 0.6 is 0 Å². The molecule has 0 radical (unpaired) electrons. The Kier molecular flexibility index (Phi) is 2.72. The Morgan fingerprint density at radius 3 is 2.46 bits per heavy atom. The van der Waals surface area contributed by atoms with Crippen molar-refractivity contribution >= 4 is 10.0 Å². The molecule has 1 heterocycles. The Morgan fingerprint density at radius 2 is 2.08 bits per heavy atom. The van der Waals surface area contributed by atoms with E-state index in [1.807, 2.05) is 0 Å². The number of nitrogens with one attached hydrogen (secondary N) is 1. The molecule has 5 nitrogen and oxygen atoms in total. The summed E-state index contributed by atoms with van der Waals surface area (Å²) in [5.74, 6) is 0.473. The Morgan fingerprint density at radius 1 is 1.46 bits per heavy atom. The molecule has 0 amide bonds. The minimum atomic E-state index is -3.24. The van der Waals surface area contributed by atoms with Gasteiger partial charge in [-0.15, -0.1) is 0 Å². The molecule has 0 bridgehead atoms. The highest BCUT2D eigenvalue weighted by Gasteiger charge is 2.16. The summed E-state index contributed by atoms with van der Waals surface area (Å²) in [6.07, 6.45) is 0. The van der Waals surface area contributed by atoms with E-state index in [-0.39, 0.29) is 5.75 Å². The number of aromatic nitrogens is 1. The summed E-state index contributed by atoms with van der Waals surface area (Å²) in [7, 11) is -1.86. The molecular weight excluding hydrogens is 192 g/mol. The Bertz CT molecular complexity index is 374. The van der Waals surface area contributed by atoms with Crippen molar-refractivity contribution < 1.29 is 12.9 Å². The molecule has 13 heavy (non-hydrogen) atoms. The van der Waals surface area contributed by atoms with Gasteiger partial charge in [-0.25, -0.2) is 13.1 Å². The zero-order chi connectivity index (χ0) is 10.1. The third-order valence-electron chi connectivity index (χ3n) is 1.83. The summed E-state index contributed by atoms with van der Waals surface area (Å²) < 4.78 is 29.5. The van der Waals surface area contributed by atoms with E-state index in [2.05, 4.69) is 9.88 Å². The number of hydrogen-bond donors (Lipinski definition) is 1. The van der Waals surface area contributed by atoms with E-state index in [4.69, 9.17) is 4.52 Å². The first-order valence-electron chi connectivity index (χ1n) is 3.79. The van der Waals surface area contributed by atoms with Gasteiger partial charge in [0.25, 0.3) is 0 Å². The third kappa shape index (κ3) is 2.28. The average molecular weight is 204 g/mol. The van der Waals surface area contributed by atoms with Crippen LogP contribution in [0.5, 0.6) is 0 Å². The highest BCUT2D eigenvalue weighted by atomic mass is 32.2. The monoisotopic (exact) mass is 204 g/mol. The molecular formula is C7H12N2O3S. The first kappa shape index (κ1) is 10.2. The van der Waals surface area contributed by atoms with Gasteiger partial charge in [0.05, 0.1) is 11.4 Å². The topological polar surface area (TPSA) is 72.2 Å². The maximum Gasteiger partial charge on any atom is 0.215 e. The second-order valence-corrected chi connectivity index (χ2v) is 4.69. The van der Waals surface area contributed by atoms with E-state index in [9.17, 15) is 8.42 Å². The molecule has 0 spiro atoms. The molecule has 1 aromatic rings. The molecule has 0 aliphatic heterocycles. The minimum absolute atomic E-state index is 0.0787. The zero-order valence-corrected chi connectivity index (χ0v) is 8.60. The minimum Gasteiger partial charge on any atom is -0.361 e. The van der Waals surface area contributed by atoms with Gasteiger partial charge in [0.2, 0.25) is 10.0 Å². The Balaban J connectivity index is 2.99. The number of rotatable bonds is 3. The van der Waals surface area contributed by atoms with Crippen molar-refractivity contribution in [3.8, 4) is 0 Å². The quantitative estimate of drug-likeness (QED) is 0.770. The lowest BCUT2D eigenvalue weighted by molar-refractivity contribution is 0.392. The number of nitrogens with zero attached hydrogens (tertiary/aromatic N) is 1. The number of aryl methyl sites for hydroxylation is 2. The van der Waals surface area contributed by atoms with Crippen LogP contribution in [0, 0.1) is 13.8 Å². The highest BCUT2D eigenvalue weighted by Crippen LogP contribution is 2.14. The normalized spacial score (nSPS) is 11.9. The molecule has 0 saturated carbocycles. The van der Waals surface area contributed by atoms with E-state index in [0.29, 0.717) is 17.0 Å². The molecule has 0 saturated heterocycles. The summed E-state index contributed by atoms with van der Waals surface area (Å²) in [5, 5.41) is 3.67. The van der Waals surface area contributed by atoms with Crippen molar-refractivity contribution in [1.29, 1.82) is 0 Å². The molecule has 1 aromatic heterocycles. The molecule has 0 fully saturated rings. The lowest BCUT2D eigenvalue weighted by atomic mass is 10.2. The molecule has 6 heteroatoms. The van der Waals surface area contributed by atoms with Crippen molar-refractivity contribution in [3.05, 3.63) is 17.0 Å². The average Bonchev–Trinajstić information content (AvgIpc) is 2.36. The predicted molar refractivity (Wildman–Crippen MR) is 47.7 cm³/mol. The van der Waals surface area contributed by atoms with Crippen molar-refractivity contribution in [2.75, 3.05) is 7.05 Å². The lowest BCUT2D eigenvalue weighted by Crippen LogP contribution is -2.20. The smallest absolute Gasteiger partial charge is 0.215 e. The van der Waals surface area contributed by atoms with E-state index in [0.717, 1.165) is 0 Å². The number of sulfonamides is 1. The van der Waals surface area contributed by atoms with E-state index < -0.39 is 10.0 Å². The van der Waals surface area contributed by atoms with E-state index >= 15 is 0 Å². The largest absolute Gasteiger partial charge is 0.361 e.